The van der Waals surface area contributed by atoms with Crippen LogP contribution in [0.25, 0.3) is 5.76 Å². The first-order valence-electron chi connectivity index (χ1n) is 10.5. The number of nitro benzene ring substituents is 1. The van der Waals surface area contributed by atoms with Crippen LogP contribution in [0.1, 0.15) is 34.7 Å². The van der Waals surface area contributed by atoms with Crippen LogP contribution < -0.4 is 9.64 Å². The Morgan fingerprint density at radius 2 is 1.91 bits per heavy atom. The van der Waals surface area contributed by atoms with Crippen molar-refractivity contribution in [2.75, 3.05) is 11.5 Å². The van der Waals surface area contributed by atoms with Crippen molar-refractivity contribution in [3.05, 3.63) is 85.9 Å². The Kier molecular flexibility index (Phi) is 6.16. The fourth-order valence-corrected chi connectivity index (χ4v) is 4.68. The Morgan fingerprint density at radius 1 is 1.21 bits per heavy atom. The number of anilines is 1. The number of Topliss-reactive ketones (excluding diaryl/α,β-unsaturated/α-hetero) is 1. The summed E-state index contributed by atoms with van der Waals surface area (Å²) in [6.07, 6.45) is 0. The lowest BCUT2D eigenvalue weighted by atomic mass is 9.95. The zero-order valence-electron chi connectivity index (χ0n) is 18.6. The molecule has 2 heterocycles. The van der Waals surface area contributed by atoms with Gasteiger partial charge in [-0.1, -0.05) is 12.1 Å². The maximum absolute atomic E-state index is 13.2. The van der Waals surface area contributed by atoms with Crippen LogP contribution in [0.2, 0.25) is 0 Å². The maximum atomic E-state index is 13.2. The number of benzene rings is 2. The third-order valence-electron chi connectivity index (χ3n) is 5.50. The van der Waals surface area contributed by atoms with Gasteiger partial charge in [0, 0.05) is 22.6 Å². The SMILES string of the molecule is CCOc1ccc(/C(O)=C2\C(=O)C(=O)N(c3nc(C)c(C)s3)[C@@H]2c2cccc([N+](=O)[O-])c2)cc1. The Labute approximate surface area is 199 Å². The van der Waals surface area contributed by atoms with Gasteiger partial charge in [-0.2, -0.15) is 0 Å². The van der Waals surface area contributed by atoms with Crippen LogP contribution in [0.15, 0.2) is 54.1 Å². The average molecular weight is 480 g/mol. The number of aryl methyl sites for hydroxylation is 2. The van der Waals surface area contributed by atoms with Crippen molar-refractivity contribution < 1.29 is 24.4 Å². The van der Waals surface area contributed by atoms with Crippen molar-refractivity contribution in [3.63, 3.8) is 0 Å². The molecule has 1 amide bonds. The lowest BCUT2D eigenvalue weighted by Crippen LogP contribution is -2.29. The minimum absolute atomic E-state index is 0.167. The first-order chi connectivity index (χ1) is 16.2. The number of nitro groups is 1. The number of rotatable bonds is 6. The van der Waals surface area contributed by atoms with Crippen molar-refractivity contribution in [3.8, 4) is 5.75 Å². The van der Waals surface area contributed by atoms with E-state index in [4.69, 9.17) is 4.74 Å². The van der Waals surface area contributed by atoms with Gasteiger partial charge in [0.05, 0.1) is 28.8 Å². The number of aliphatic hydroxyl groups is 1. The monoisotopic (exact) mass is 479 g/mol. The Bertz CT molecular complexity index is 1310. The minimum Gasteiger partial charge on any atom is -0.507 e. The molecule has 1 saturated heterocycles. The van der Waals surface area contributed by atoms with E-state index in [1.807, 2.05) is 13.8 Å². The lowest BCUT2D eigenvalue weighted by molar-refractivity contribution is -0.384. The molecule has 1 aliphatic heterocycles. The fourth-order valence-electron chi connectivity index (χ4n) is 3.74. The molecular weight excluding hydrogens is 458 g/mol. The predicted molar refractivity (Wildman–Crippen MR) is 127 cm³/mol. The van der Waals surface area contributed by atoms with Gasteiger partial charge in [0.25, 0.3) is 11.5 Å². The molecule has 0 spiro atoms. The molecule has 10 heteroatoms. The predicted octanol–water partition coefficient (Wildman–Crippen LogP) is 4.69. The maximum Gasteiger partial charge on any atom is 0.301 e. The van der Waals surface area contributed by atoms with Crippen molar-refractivity contribution in [1.82, 2.24) is 4.98 Å². The van der Waals surface area contributed by atoms with E-state index in [2.05, 4.69) is 4.98 Å². The van der Waals surface area contributed by atoms with Gasteiger partial charge in [-0.25, -0.2) is 4.98 Å². The highest BCUT2D eigenvalue weighted by Crippen LogP contribution is 2.44. The number of aliphatic hydroxyl groups excluding tert-OH is 1. The number of ketones is 1. The first-order valence-corrected chi connectivity index (χ1v) is 11.3. The van der Waals surface area contributed by atoms with E-state index < -0.39 is 22.7 Å². The lowest BCUT2D eigenvalue weighted by Gasteiger charge is -2.22. The molecule has 0 bridgehead atoms. The van der Waals surface area contributed by atoms with E-state index in [1.165, 1.54) is 34.4 Å². The molecular formula is C24H21N3O6S. The molecule has 1 fully saturated rings. The third kappa shape index (κ3) is 4.03. The topological polar surface area (TPSA) is 123 Å². The number of thiazole rings is 1. The van der Waals surface area contributed by atoms with E-state index in [-0.39, 0.29) is 22.2 Å². The molecule has 0 aliphatic carbocycles. The molecule has 3 aromatic rings. The Balaban J connectivity index is 1.92. The van der Waals surface area contributed by atoms with Crippen LogP contribution in [-0.2, 0) is 9.59 Å². The van der Waals surface area contributed by atoms with Crippen LogP contribution in [0, 0.1) is 24.0 Å². The molecule has 1 aromatic heterocycles. The first kappa shape index (κ1) is 23.1. The van der Waals surface area contributed by atoms with Gasteiger partial charge in [-0.15, -0.1) is 11.3 Å². The minimum atomic E-state index is -1.09. The second kappa shape index (κ2) is 9.06. The van der Waals surface area contributed by atoms with Gasteiger partial charge in [-0.05, 0) is 50.6 Å². The number of hydrogen-bond donors (Lipinski definition) is 1. The standard InChI is InChI=1S/C24H21N3O6S/c1-4-33-18-10-8-15(9-11-18)21(28)19-20(16-6-5-7-17(12-16)27(31)32)26(23(30)22(19)29)24-25-13(2)14(3)34-24/h5-12,20,28H,4H2,1-3H3/b21-19+/t20-/m1/s1. The normalized spacial score (nSPS) is 17.3. The van der Waals surface area contributed by atoms with Gasteiger partial charge in [-0.3, -0.25) is 24.6 Å². The molecule has 174 valence electrons. The van der Waals surface area contributed by atoms with E-state index in [1.54, 1.807) is 37.3 Å². The van der Waals surface area contributed by atoms with Crippen LogP contribution in [0.4, 0.5) is 10.8 Å². The number of ether oxygens (including phenoxy) is 1. The highest BCUT2D eigenvalue weighted by Gasteiger charge is 2.48. The smallest absolute Gasteiger partial charge is 0.301 e. The van der Waals surface area contributed by atoms with E-state index in [0.29, 0.717) is 29.2 Å². The van der Waals surface area contributed by atoms with Gasteiger partial charge < -0.3 is 9.84 Å². The number of hydrogen-bond acceptors (Lipinski definition) is 8. The summed E-state index contributed by atoms with van der Waals surface area (Å²) in [5, 5.41) is 22.8. The molecule has 0 unspecified atom stereocenters. The fraction of sp³-hybridized carbons (Fsp3) is 0.208. The summed E-state index contributed by atoms with van der Waals surface area (Å²) in [7, 11) is 0. The van der Waals surface area contributed by atoms with E-state index in [0.717, 1.165) is 4.88 Å². The van der Waals surface area contributed by atoms with Crippen molar-refractivity contribution >= 4 is 39.6 Å². The average Bonchev–Trinajstić information content (AvgIpc) is 3.29. The number of aromatic nitrogens is 1. The van der Waals surface area contributed by atoms with Crippen LogP contribution in [0.3, 0.4) is 0 Å². The van der Waals surface area contributed by atoms with Crippen molar-refractivity contribution in [1.29, 1.82) is 0 Å². The molecule has 2 aromatic carbocycles. The van der Waals surface area contributed by atoms with E-state index >= 15 is 0 Å². The number of carbonyl (C=O) groups excluding carboxylic acids is 2. The highest BCUT2D eigenvalue weighted by molar-refractivity contribution is 7.16. The molecule has 1 atom stereocenters. The zero-order chi connectivity index (χ0) is 24.6. The van der Waals surface area contributed by atoms with Gasteiger partial charge >= 0.3 is 5.91 Å². The van der Waals surface area contributed by atoms with Crippen LogP contribution in [0.5, 0.6) is 5.75 Å². The molecule has 0 radical (unpaired) electrons. The van der Waals surface area contributed by atoms with Crippen LogP contribution >= 0.6 is 11.3 Å². The summed E-state index contributed by atoms with van der Waals surface area (Å²) >= 11 is 1.23. The Morgan fingerprint density at radius 3 is 2.50 bits per heavy atom. The summed E-state index contributed by atoms with van der Waals surface area (Å²) in [5.74, 6) is -1.56. The summed E-state index contributed by atoms with van der Waals surface area (Å²) in [6.45, 7) is 5.94. The zero-order valence-corrected chi connectivity index (χ0v) is 19.5. The summed E-state index contributed by atoms with van der Waals surface area (Å²) < 4.78 is 5.42. The van der Waals surface area contributed by atoms with Gasteiger partial charge in [0.2, 0.25) is 0 Å². The van der Waals surface area contributed by atoms with Crippen molar-refractivity contribution in [2.24, 2.45) is 0 Å². The molecule has 1 N–H and O–H groups in total. The molecule has 34 heavy (non-hydrogen) atoms. The number of carbonyl (C=O) groups is 2. The van der Waals surface area contributed by atoms with Crippen molar-refractivity contribution in [2.45, 2.75) is 26.8 Å². The molecule has 9 nitrogen and oxygen atoms in total. The Hall–Kier alpha value is -4.05. The molecule has 1 aliphatic rings. The number of nitrogens with zero attached hydrogens (tertiary/aromatic N) is 3. The largest absolute Gasteiger partial charge is 0.507 e. The summed E-state index contributed by atoms with van der Waals surface area (Å²) in [6, 6.07) is 11.0. The number of amides is 1. The molecule has 0 saturated carbocycles. The van der Waals surface area contributed by atoms with Crippen LogP contribution in [-0.4, -0.2) is 33.3 Å². The highest BCUT2D eigenvalue weighted by atomic mass is 32.1. The summed E-state index contributed by atoms with van der Waals surface area (Å²) in [5.41, 5.74) is 0.955. The number of non-ortho nitro benzene ring substituents is 1. The van der Waals surface area contributed by atoms with E-state index in [9.17, 15) is 24.8 Å². The van der Waals surface area contributed by atoms with Gasteiger partial charge in [0.1, 0.15) is 11.5 Å². The van der Waals surface area contributed by atoms with Gasteiger partial charge in [0.15, 0.2) is 5.13 Å². The summed E-state index contributed by atoms with van der Waals surface area (Å²) in [4.78, 5) is 43.7. The quantitative estimate of drug-likeness (QED) is 0.179. The third-order valence-corrected chi connectivity index (χ3v) is 6.58. The second-order valence-corrected chi connectivity index (χ2v) is 8.80. The second-order valence-electron chi connectivity index (χ2n) is 7.62. The molecule has 4 rings (SSSR count).